The number of benzene rings is 1. The Balaban J connectivity index is 1.88. The summed E-state index contributed by atoms with van der Waals surface area (Å²) in [5.41, 5.74) is 1.12. The summed E-state index contributed by atoms with van der Waals surface area (Å²) in [5.74, 6) is 0.761. The molecule has 1 atom stereocenters. The van der Waals surface area contributed by atoms with Gasteiger partial charge in [0.25, 0.3) is 0 Å². The Hall–Kier alpha value is -0.410. The van der Waals surface area contributed by atoms with E-state index in [0.29, 0.717) is 0 Å². The van der Waals surface area contributed by atoms with Crippen LogP contribution < -0.4 is 5.32 Å². The van der Waals surface area contributed by atoms with Crippen LogP contribution in [-0.2, 0) is 0 Å². The average Bonchev–Trinajstić information content (AvgIpc) is 3.01. The molecule has 0 aromatic heterocycles. The van der Waals surface area contributed by atoms with Crippen LogP contribution in [0.1, 0.15) is 37.8 Å². The minimum atomic E-state index is -0.194. The number of nitrogens with one attached hydrogen (secondary N) is 1. The van der Waals surface area contributed by atoms with Crippen molar-refractivity contribution in [3.63, 3.8) is 0 Å². The minimum Gasteiger partial charge on any atom is -0.310 e. The molecule has 1 aromatic carbocycles. The predicted molar refractivity (Wildman–Crippen MR) is 67.9 cm³/mol. The van der Waals surface area contributed by atoms with Gasteiger partial charge in [-0.25, -0.2) is 4.39 Å². The third-order valence-corrected chi connectivity index (χ3v) is 3.82. The molecule has 0 radical (unpaired) electrons. The van der Waals surface area contributed by atoms with Crippen LogP contribution in [0, 0.1) is 11.7 Å². The quantitative estimate of drug-likeness (QED) is 0.861. The van der Waals surface area contributed by atoms with Gasteiger partial charge in [-0.1, -0.05) is 34.8 Å². The van der Waals surface area contributed by atoms with Gasteiger partial charge in [0.1, 0.15) is 5.82 Å². The maximum absolute atomic E-state index is 12.9. The van der Waals surface area contributed by atoms with E-state index in [-0.39, 0.29) is 11.9 Å². The van der Waals surface area contributed by atoms with Crippen LogP contribution in [-0.4, -0.2) is 6.54 Å². The molecule has 3 heteroatoms. The summed E-state index contributed by atoms with van der Waals surface area (Å²) in [6.45, 7) is 3.17. The highest BCUT2D eigenvalue weighted by Crippen LogP contribution is 2.32. The second kappa shape index (κ2) is 5.28. The molecule has 0 saturated heterocycles. The normalized spacial score (nSPS) is 17.4. The molecule has 1 aromatic rings. The van der Waals surface area contributed by atoms with Crippen LogP contribution in [0.25, 0.3) is 0 Å². The van der Waals surface area contributed by atoms with Crippen LogP contribution in [0.4, 0.5) is 4.39 Å². The zero-order valence-corrected chi connectivity index (χ0v) is 11.1. The zero-order valence-electron chi connectivity index (χ0n) is 9.47. The third-order valence-electron chi connectivity index (χ3n) is 3.13. The number of hydrogen-bond donors (Lipinski definition) is 1. The topological polar surface area (TPSA) is 12.0 Å². The average molecular weight is 286 g/mol. The van der Waals surface area contributed by atoms with Gasteiger partial charge in [0.05, 0.1) is 0 Å². The van der Waals surface area contributed by atoms with Crippen LogP contribution in [0.2, 0.25) is 0 Å². The SMILES string of the molecule is CC(NCCC1CC1)c1ccc(F)cc1Br. The van der Waals surface area contributed by atoms with Gasteiger partial charge in [-0.05, 0) is 43.5 Å². The fourth-order valence-corrected chi connectivity index (χ4v) is 2.57. The molecule has 0 aliphatic heterocycles. The van der Waals surface area contributed by atoms with Crippen molar-refractivity contribution in [3.8, 4) is 0 Å². The van der Waals surface area contributed by atoms with E-state index >= 15 is 0 Å². The molecule has 0 heterocycles. The molecule has 1 saturated carbocycles. The summed E-state index contributed by atoms with van der Waals surface area (Å²) in [7, 11) is 0. The maximum Gasteiger partial charge on any atom is 0.124 e. The summed E-state index contributed by atoms with van der Waals surface area (Å²) in [6.07, 6.45) is 4.07. The molecule has 1 fully saturated rings. The van der Waals surface area contributed by atoms with E-state index in [1.54, 1.807) is 0 Å². The maximum atomic E-state index is 12.9. The van der Waals surface area contributed by atoms with E-state index in [1.165, 1.54) is 31.4 Å². The molecule has 1 aliphatic rings. The Bertz CT molecular complexity index is 363. The van der Waals surface area contributed by atoms with Crippen molar-refractivity contribution in [2.45, 2.75) is 32.2 Å². The lowest BCUT2D eigenvalue weighted by atomic mass is 10.1. The molecule has 0 spiro atoms. The number of halogens is 2. The fraction of sp³-hybridized carbons (Fsp3) is 0.538. The monoisotopic (exact) mass is 285 g/mol. The van der Waals surface area contributed by atoms with Crippen molar-refractivity contribution in [1.82, 2.24) is 5.32 Å². The third kappa shape index (κ3) is 3.29. The molecule has 88 valence electrons. The summed E-state index contributed by atoms with van der Waals surface area (Å²) >= 11 is 3.40. The first kappa shape index (κ1) is 12.1. The highest BCUT2D eigenvalue weighted by molar-refractivity contribution is 9.10. The fourth-order valence-electron chi connectivity index (χ4n) is 1.87. The summed E-state index contributed by atoms with van der Waals surface area (Å²) in [4.78, 5) is 0. The highest BCUT2D eigenvalue weighted by Gasteiger charge is 2.20. The molecule has 1 unspecified atom stereocenters. The van der Waals surface area contributed by atoms with Gasteiger partial charge in [-0.15, -0.1) is 0 Å². The molecule has 1 aliphatic carbocycles. The van der Waals surface area contributed by atoms with E-state index in [4.69, 9.17) is 0 Å². The van der Waals surface area contributed by atoms with Gasteiger partial charge in [0, 0.05) is 10.5 Å². The highest BCUT2D eigenvalue weighted by atomic mass is 79.9. The minimum absolute atomic E-state index is 0.194. The van der Waals surface area contributed by atoms with Crippen LogP contribution in [0.3, 0.4) is 0 Å². The zero-order chi connectivity index (χ0) is 11.5. The smallest absolute Gasteiger partial charge is 0.124 e. The molecule has 16 heavy (non-hydrogen) atoms. The van der Waals surface area contributed by atoms with Gasteiger partial charge in [-0.2, -0.15) is 0 Å². The summed E-state index contributed by atoms with van der Waals surface area (Å²) in [6, 6.07) is 5.15. The van der Waals surface area contributed by atoms with E-state index in [9.17, 15) is 4.39 Å². The lowest BCUT2D eigenvalue weighted by molar-refractivity contribution is 0.536. The summed E-state index contributed by atoms with van der Waals surface area (Å²) < 4.78 is 13.8. The first-order valence-electron chi connectivity index (χ1n) is 5.85. The second-order valence-electron chi connectivity index (χ2n) is 4.57. The van der Waals surface area contributed by atoms with E-state index in [2.05, 4.69) is 28.2 Å². The Morgan fingerprint density at radius 2 is 2.25 bits per heavy atom. The van der Waals surface area contributed by atoms with Gasteiger partial charge < -0.3 is 5.32 Å². The van der Waals surface area contributed by atoms with Crippen LogP contribution in [0.15, 0.2) is 22.7 Å². The molecule has 1 nitrogen and oxygen atoms in total. The Kier molecular flexibility index (Phi) is 3.98. The molecule has 0 bridgehead atoms. The summed E-state index contributed by atoms with van der Waals surface area (Å²) in [5, 5.41) is 3.48. The first-order valence-corrected chi connectivity index (χ1v) is 6.64. The second-order valence-corrected chi connectivity index (χ2v) is 5.43. The lowest BCUT2D eigenvalue weighted by Gasteiger charge is -2.15. The van der Waals surface area contributed by atoms with Crippen molar-refractivity contribution < 1.29 is 4.39 Å². The van der Waals surface area contributed by atoms with E-state index in [1.807, 2.05) is 6.07 Å². The molecule has 2 rings (SSSR count). The van der Waals surface area contributed by atoms with Crippen LogP contribution >= 0.6 is 15.9 Å². The van der Waals surface area contributed by atoms with Crippen molar-refractivity contribution in [2.24, 2.45) is 5.92 Å². The van der Waals surface area contributed by atoms with Crippen LogP contribution in [0.5, 0.6) is 0 Å². The van der Waals surface area contributed by atoms with E-state index < -0.39 is 0 Å². The molecular formula is C13H17BrFN. The van der Waals surface area contributed by atoms with Gasteiger partial charge in [0.15, 0.2) is 0 Å². The van der Waals surface area contributed by atoms with E-state index in [0.717, 1.165) is 22.5 Å². The molecular weight excluding hydrogens is 269 g/mol. The van der Waals surface area contributed by atoms with Crippen molar-refractivity contribution >= 4 is 15.9 Å². The Labute approximate surface area is 105 Å². The molecule has 0 amide bonds. The van der Waals surface area contributed by atoms with Gasteiger partial charge in [-0.3, -0.25) is 0 Å². The van der Waals surface area contributed by atoms with Crippen molar-refractivity contribution in [1.29, 1.82) is 0 Å². The van der Waals surface area contributed by atoms with Crippen molar-refractivity contribution in [2.75, 3.05) is 6.54 Å². The molecule has 1 N–H and O–H groups in total. The lowest BCUT2D eigenvalue weighted by Crippen LogP contribution is -2.20. The largest absolute Gasteiger partial charge is 0.310 e. The number of rotatable bonds is 5. The Morgan fingerprint density at radius 1 is 1.50 bits per heavy atom. The first-order chi connectivity index (χ1) is 7.66. The van der Waals surface area contributed by atoms with Gasteiger partial charge in [0.2, 0.25) is 0 Å². The standard InChI is InChI=1S/C13H17BrFN/c1-9(16-7-6-10-2-3-10)12-5-4-11(15)8-13(12)14/h4-5,8-10,16H,2-3,6-7H2,1H3. The predicted octanol–water partition coefficient (Wildman–Crippen LogP) is 4.04. The van der Waals surface area contributed by atoms with Crippen molar-refractivity contribution in [3.05, 3.63) is 34.1 Å². The Morgan fingerprint density at radius 3 is 2.88 bits per heavy atom. The number of hydrogen-bond acceptors (Lipinski definition) is 1. The van der Waals surface area contributed by atoms with Gasteiger partial charge >= 0.3 is 0 Å².